The van der Waals surface area contributed by atoms with Gasteiger partial charge in [-0.05, 0) is 38.1 Å². The van der Waals surface area contributed by atoms with Crippen LogP contribution in [0, 0.1) is 13.8 Å². The maximum absolute atomic E-state index is 13.0. The second-order valence-electron chi connectivity index (χ2n) is 5.87. The number of hydrogen-bond acceptors (Lipinski definition) is 3. The lowest BCUT2D eigenvalue weighted by molar-refractivity contribution is -0.138. The molecule has 0 unspecified atom stereocenters. The average Bonchev–Trinajstić information content (AvgIpc) is 2.81. The third kappa shape index (κ3) is 3.31. The number of nitrogens with zero attached hydrogens (tertiary/aromatic N) is 3. The van der Waals surface area contributed by atoms with Crippen LogP contribution in [0.3, 0.4) is 0 Å². The van der Waals surface area contributed by atoms with Gasteiger partial charge >= 0.3 is 6.18 Å². The number of pyridine rings is 1. The number of alkyl halides is 3. The molecule has 2 aromatic heterocycles. The molecule has 3 rings (SSSR count). The first kappa shape index (κ1) is 18.4. The smallest absolute Gasteiger partial charge is 0.322 e. The van der Waals surface area contributed by atoms with Gasteiger partial charge in [0, 0.05) is 22.9 Å². The number of carbonyl (C=O) groups is 1. The third-order valence-electron chi connectivity index (χ3n) is 3.87. The molecule has 5 nitrogen and oxygen atoms in total. The van der Waals surface area contributed by atoms with Gasteiger partial charge in [0.25, 0.3) is 5.91 Å². The van der Waals surface area contributed by atoms with Gasteiger partial charge in [0.1, 0.15) is 0 Å². The van der Waals surface area contributed by atoms with Crippen molar-refractivity contribution in [2.24, 2.45) is 7.05 Å². The maximum atomic E-state index is 13.0. The monoisotopic (exact) mass is 426 g/mol. The van der Waals surface area contributed by atoms with Gasteiger partial charge in [-0.15, -0.1) is 0 Å². The van der Waals surface area contributed by atoms with Crippen LogP contribution in [0.1, 0.15) is 27.3 Å². The van der Waals surface area contributed by atoms with Crippen LogP contribution < -0.4 is 5.32 Å². The maximum Gasteiger partial charge on any atom is 0.417 e. The molecule has 9 heteroatoms. The van der Waals surface area contributed by atoms with E-state index >= 15 is 0 Å². The summed E-state index contributed by atoms with van der Waals surface area (Å²) in [6.07, 6.45) is -4.53. The molecule has 0 aliphatic rings. The largest absolute Gasteiger partial charge is 0.417 e. The number of benzene rings is 1. The Balaban J connectivity index is 2.03. The zero-order valence-electron chi connectivity index (χ0n) is 14.1. The van der Waals surface area contributed by atoms with E-state index in [0.717, 1.165) is 6.07 Å². The van der Waals surface area contributed by atoms with Crippen molar-refractivity contribution in [3.05, 3.63) is 51.3 Å². The number of nitrogens with one attached hydrogen (secondary N) is 1. The number of aromatic nitrogens is 3. The molecule has 26 heavy (non-hydrogen) atoms. The van der Waals surface area contributed by atoms with Crippen LogP contribution in [0.15, 0.2) is 28.7 Å². The SMILES string of the molecule is Cc1cc(C(=O)Nc2ccc(Br)c(C(F)(F)F)c2)c2c(C)nn(C)c2n1. The van der Waals surface area contributed by atoms with Crippen molar-refractivity contribution in [1.82, 2.24) is 14.8 Å². The van der Waals surface area contributed by atoms with Crippen LogP contribution in [0.5, 0.6) is 0 Å². The first-order valence-electron chi connectivity index (χ1n) is 7.57. The second-order valence-corrected chi connectivity index (χ2v) is 6.72. The minimum atomic E-state index is -4.53. The van der Waals surface area contributed by atoms with E-state index in [2.05, 4.69) is 31.3 Å². The summed E-state index contributed by atoms with van der Waals surface area (Å²) in [6, 6.07) is 5.14. The number of rotatable bonds is 2. The molecule has 3 aromatic rings. The summed E-state index contributed by atoms with van der Waals surface area (Å²) in [5.41, 5.74) is 1.27. The molecule has 0 aliphatic carbocycles. The van der Waals surface area contributed by atoms with Crippen molar-refractivity contribution in [2.45, 2.75) is 20.0 Å². The fourth-order valence-corrected chi connectivity index (χ4v) is 3.24. The topological polar surface area (TPSA) is 59.8 Å². The Morgan fingerprint density at radius 1 is 1.23 bits per heavy atom. The van der Waals surface area contributed by atoms with E-state index in [1.54, 1.807) is 31.6 Å². The summed E-state index contributed by atoms with van der Waals surface area (Å²) in [6.45, 7) is 3.48. The molecule has 0 saturated heterocycles. The Labute approximate surface area is 155 Å². The molecule has 0 bridgehead atoms. The van der Waals surface area contributed by atoms with Gasteiger partial charge < -0.3 is 5.32 Å². The number of aryl methyl sites for hydroxylation is 3. The molecule has 0 fully saturated rings. The van der Waals surface area contributed by atoms with Crippen LogP contribution in [0.4, 0.5) is 18.9 Å². The van der Waals surface area contributed by atoms with Gasteiger partial charge in [-0.3, -0.25) is 9.48 Å². The van der Waals surface area contributed by atoms with E-state index in [1.807, 2.05) is 0 Å². The van der Waals surface area contributed by atoms with Crippen LogP contribution in [0.2, 0.25) is 0 Å². The molecule has 136 valence electrons. The van der Waals surface area contributed by atoms with Gasteiger partial charge in [0.05, 0.1) is 22.2 Å². The number of anilines is 1. The van der Waals surface area contributed by atoms with E-state index in [-0.39, 0.29) is 10.2 Å². The minimum Gasteiger partial charge on any atom is -0.322 e. The molecule has 0 saturated carbocycles. The lowest BCUT2D eigenvalue weighted by Gasteiger charge is -2.12. The van der Waals surface area contributed by atoms with Gasteiger partial charge in [0.15, 0.2) is 5.65 Å². The first-order valence-corrected chi connectivity index (χ1v) is 8.36. The summed E-state index contributed by atoms with van der Waals surface area (Å²) < 4.78 is 40.6. The molecule has 0 atom stereocenters. The first-order chi connectivity index (χ1) is 12.1. The number of hydrogen-bond donors (Lipinski definition) is 1. The fraction of sp³-hybridized carbons (Fsp3) is 0.235. The molecular formula is C17H14BrF3N4O. The Kier molecular flexibility index (Phi) is 4.51. The van der Waals surface area contributed by atoms with Crippen LogP contribution in [-0.4, -0.2) is 20.7 Å². The Bertz CT molecular complexity index is 1030. The zero-order chi connectivity index (χ0) is 19.2. The van der Waals surface area contributed by atoms with E-state index in [0.29, 0.717) is 28.0 Å². The molecule has 1 N–H and O–H groups in total. The fourth-order valence-electron chi connectivity index (χ4n) is 2.77. The normalized spacial score (nSPS) is 11.8. The van der Waals surface area contributed by atoms with Crippen molar-refractivity contribution < 1.29 is 18.0 Å². The van der Waals surface area contributed by atoms with Crippen LogP contribution >= 0.6 is 15.9 Å². The van der Waals surface area contributed by atoms with Crippen molar-refractivity contribution in [1.29, 1.82) is 0 Å². The van der Waals surface area contributed by atoms with E-state index in [9.17, 15) is 18.0 Å². The molecular weight excluding hydrogens is 413 g/mol. The van der Waals surface area contributed by atoms with E-state index in [4.69, 9.17) is 0 Å². The number of carbonyl (C=O) groups excluding carboxylic acids is 1. The number of amides is 1. The second kappa shape index (κ2) is 6.39. The highest BCUT2D eigenvalue weighted by atomic mass is 79.9. The summed E-state index contributed by atoms with van der Waals surface area (Å²) in [4.78, 5) is 17.1. The highest BCUT2D eigenvalue weighted by molar-refractivity contribution is 9.10. The Morgan fingerprint density at radius 3 is 2.58 bits per heavy atom. The summed E-state index contributed by atoms with van der Waals surface area (Å²) in [5.74, 6) is -0.521. The lowest BCUT2D eigenvalue weighted by Crippen LogP contribution is -2.14. The Morgan fingerprint density at radius 2 is 1.92 bits per heavy atom. The van der Waals surface area contributed by atoms with E-state index < -0.39 is 17.6 Å². The molecule has 0 aliphatic heterocycles. The van der Waals surface area contributed by atoms with Crippen molar-refractivity contribution in [2.75, 3.05) is 5.32 Å². The molecule has 0 radical (unpaired) electrons. The molecule has 1 amide bonds. The number of fused-ring (bicyclic) bond motifs is 1. The highest BCUT2D eigenvalue weighted by Crippen LogP contribution is 2.36. The minimum absolute atomic E-state index is 0.0506. The van der Waals surface area contributed by atoms with Crippen molar-refractivity contribution in [3.8, 4) is 0 Å². The predicted molar refractivity (Wildman–Crippen MR) is 95.1 cm³/mol. The van der Waals surface area contributed by atoms with Gasteiger partial charge in [-0.1, -0.05) is 15.9 Å². The highest BCUT2D eigenvalue weighted by Gasteiger charge is 2.33. The molecule has 0 spiro atoms. The van der Waals surface area contributed by atoms with Crippen LogP contribution in [-0.2, 0) is 13.2 Å². The summed E-state index contributed by atoms with van der Waals surface area (Å²) >= 11 is 2.88. The van der Waals surface area contributed by atoms with Crippen molar-refractivity contribution in [3.63, 3.8) is 0 Å². The van der Waals surface area contributed by atoms with Gasteiger partial charge in [0.2, 0.25) is 0 Å². The van der Waals surface area contributed by atoms with E-state index in [1.165, 1.54) is 12.1 Å². The Hall–Kier alpha value is -2.42. The summed E-state index contributed by atoms with van der Waals surface area (Å²) in [7, 11) is 1.72. The summed E-state index contributed by atoms with van der Waals surface area (Å²) in [5, 5.41) is 7.36. The third-order valence-corrected chi connectivity index (χ3v) is 4.56. The zero-order valence-corrected chi connectivity index (χ0v) is 15.7. The van der Waals surface area contributed by atoms with Crippen molar-refractivity contribution >= 4 is 38.6 Å². The predicted octanol–water partition coefficient (Wildman–Crippen LogP) is 4.62. The average molecular weight is 427 g/mol. The lowest BCUT2D eigenvalue weighted by atomic mass is 10.1. The quantitative estimate of drug-likeness (QED) is 0.650. The standard InChI is InChI=1S/C17H14BrF3N4O/c1-8-6-11(14-9(2)24-25(3)15(14)22-8)16(26)23-10-4-5-13(18)12(7-10)17(19,20)21/h4-7H,1-3H3,(H,23,26). The van der Waals surface area contributed by atoms with Crippen LogP contribution in [0.25, 0.3) is 11.0 Å². The van der Waals surface area contributed by atoms with Gasteiger partial charge in [-0.25, -0.2) is 4.98 Å². The molecule has 1 aromatic carbocycles. The molecule has 2 heterocycles. The van der Waals surface area contributed by atoms with Gasteiger partial charge in [-0.2, -0.15) is 18.3 Å². The number of halogens is 4.